The summed E-state index contributed by atoms with van der Waals surface area (Å²) in [6.45, 7) is 3.97. The maximum atomic E-state index is 6.14. The van der Waals surface area contributed by atoms with Gasteiger partial charge in [-0.25, -0.2) is 0 Å². The molecule has 19 heavy (non-hydrogen) atoms. The van der Waals surface area contributed by atoms with Gasteiger partial charge >= 0.3 is 0 Å². The average molecular weight is 274 g/mol. The van der Waals surface area contributed by atoms with Crippen molar-refractivity contribution in [3.8, 4) is 0 Å². The normalized spacial score (nSPS) is 12.5. The van der Waals surface area contributed by atoms with Gasteiger partial charge in [0.05, 0.1) is 0 Å². The second kappa shape index (κ2) is 7.43. The van der Waals surface area contributed by atoms with Crippen LogP contribution in [0.2, 0.25) is 0 Å². The zero-order valence-corrected chi connectivity index (χ0v) is 12.2. The fraction of sp³-hybridized carbons (Fsp3) is 0.375. The van der Waals surface area contributed by atoms with Crippen LogP contribution in [0.1, 0.15) is 22.2 Å². The van der Waals surface area contributed by atoms with Gasteiger partial charge in [-0.3, -0.25) is 0 Å². The van der Waals surface area contributed by atoms with E-state index in [1.165, 1.54) is 15.3 Å². The first-order valence-corrected chi connectivity index (χ1v) is 7.67. The van der Waals surface area contributed by atoms with E-state index in [-0.39, 0.29) is 6.04 Å². The van der Waals surface area contributed by atoms with Crippen molar-refractivity contribution in [3.05, 3.63) is 57.8 Å². The van der Waals surface area contributed by atoms with Crippen molar-refractivity contribution >= 4 is 11.3 Å². The van der Waals surface area contributed by atoms with Gasteiger partial charge in [-0.15, -0.1) is 11.3 Å². The Morgan fingerprint density at radius 3 is 2.53 bits per heavy atom. The molecule has 2 rings (SSSR count). The van der Waals surface area contributed by atoms with Crippen LogP contribution >= 0.6 is 11.3 Å². The summed E-state index contributed by atoms with van der Waals surface area (Å²) >= 11 is 1.89. The molecule has 2 nitrogen and oxygen atoms in total. The van der Waals surface area contributed by atoms with Gasteiger partial charge in [-0.1, -0.05) is 37.3 Å². The summed E-state index contributed by atoms with van der Waals surface area (Å²) in [5, 5.41) is 3.44. The highest BCUT2D eigenvalue weighted by atomic mass is 32.1. The van der Waals surface area contributed by atoms with Crippen molar-refractivity contribution in [2.45, 2.75) is 32.4 Å². The predicted molar refractivity (Wildman–Crippen MR) is 83.5 cm³/mol. The van der Waals surface area contributed by atoms with Crippen molar-refractivity contribution in [1.82, 2.24) is 5.32 Å². The Bertz CT molecular complexity index is 479. The smallest absolute Gasteiger partial charge is 0.0300 e. The molecule has 0 bridgehead atoms. The molecule has 0 spiro atoms. The molecule has 102 valence electrons. The standard InChI is InChI=1S/C16H22N2S/c1-2-15-8-9-16(19-15)12-18-11-14(17)10-13-6-4-3-5-7-13/h3-9,14,18H,2,10-12,17H2,1H3. The van der Waals surface area contributed by atoms with E-state index in [1.807, 2.05) is 17.4 Å². The SMILES string of the molecule is CCc1ccc(CNCC(N)Cc2ccccc2)s1. The summed E-state index contributed by atoms with van der Waals surface area (Å²) in [6.07, 6.45) is 2.05. The summed E-state index contributed by atoms with van der Waals surface area (Å²) in [5.74, 6) is 0. The van der Waals surface area contributed by atoms with Crippen molar-refractivity contribution in [2.24, 2.45) is 5.73 Å². The first-order valence-electron chi connectivity index (χ1n) is 6.85. The van der Waals surface area contributed by atoms with Crippen LogP contribution in [0.15, 0.2) is 42.5 Å². The number of benzene rings is 1. The van der Waals surface area contributed by atoms with Crippen LogP contribution in [-0.2, 0) is 19.4 Å². The second-order valence-corrected chi connectivity index (χ2v) is 6.06. The molecule has 1 aromatic carbocycles. The zero-order chi connectivity index (χ0) is 13.5. The highest BCUT2D eigenvalue weighted by Gasteiger charge is 2.04. The Morgan fingerprint density at radius 2 is 1.84 bits per heavy atom. The van der Waals surface area contributed by atoms with Gasteiger partial charge < -0.3 is 11.1 Å². The van der Waals surface area contributed by atoms with E-state index in [9.17, 15) is 0 Å². The van der Waals surface area contributed by atoms with E-state index < -0.39 is 0 Å². The van der Waals surface area contributed by atoms with E-state index in [2.05, 4.69) is 48.6 Å². The molecule has 3 N–H and O–H groups in total. The molecule has 0 saturated carbocycles. The van der Waals surface area contributed by atoms with Crippen LogP contribution in [0.25, 0.3) is 0 Å². The molecule has 0 aliphatic rings. The van der Waals surface area contributed by atoms with Gasteiger partial charge in [0, 0.05) is 28.9 Å². The molecule has 0 saturated heterocycles. The minimum absolute atomic E-state index is 0.174. The molecule has 2 aromatic rings. The molecule has 1 aromatic heterocycles. The Labute approximate surface area is 119 Å². The maximum Gasteiger partial charge on any atom is 0.0300 e. The molecule has 1 unspecified atom stereocenters. The summed E-state index contributed by atoms with van der Waals surface area (Å²) in [5.41, 5.74) is 7.45. The molecular formula is C16H22N2S. The third-order valence-electron chi connectivity index (χ3n) is 3.11. The van der Waals surface area contributed by atoms with Crippen LogP contribution in [0.5, 0.6) is 0 Å². The van der Waals surface area contributed by atoms with Crippen LogP contribution < -0.4 is 11.1 Å². The number of hydrogen-bond acceptors (Lipinski definition) is 3. The molecule has 3 heteroatoms. The minimum atomic E-state index is 0.174. The quantitative estimate of drug-likeness (QED) is 0.814. The molecule has 0 amide bonds. The van der Waals surface area contributed by atoms with E-state index in [1.54, 1.807) is 0 Å². The Kier molecular flexibility index (Phi) is 5.58. The highest BCUT2D eigenvalue weighted by Crippen LogP contribution is 2.16. The maximum absolute atomic E-state index is 6.14. The second-order valence-electron chi connectivity index (χ2n) is 4.80. The first-order chi connectivity index (χ1) is 9.28. The number of nitrogens with two attached hydrogens (primary N) is 1. The summed E-state index contributed by atoms with van der Waals surface area (Å²) < 4.78 is 0. The number of rotatable bonds is 7. The Balaban J connectivity index is 1.70. The molecule has 1 heterocycles. The van der Waals surface area contributed by atoms with E-state index in [0.717, 1.165) is 25.9 Å². The minimum Gasteiger partial charge on any atom is -0.326 e. The number of nitrogens with one attached hydrogen (secondary N) is 1. The van der Waals surface area contributed by atoms with Gasteiger partial charge in [-0.2, -0.15) is 0 Å². The number of hydrogen-bond donors (Lipinski definition) is 2. The van der Waals surface area contributed by atoms with Crippen molar-refractivity contribution in [3.63, 3.8) is 0 Å². The fourth-order valence-corrected chi connectivity index (χ4v) is 3.00. The summed E-state index contributed by atoms with van der Waals surface area (Å²) in [6, 6.07) is 15.0. The van der Waals surface area contributed by atoms with Crippen LogP contribution in [0.4, 0.5) is 0 Å². The fourth-order valence-electron chi connectivity index (χ4n) is 2.08. The summed E-state index contributed by atoms with van der Waals surface area (Å²) in [4.78, 5) is 2.84. The van der Waals surface area contributed by atoms with E-state index in [4.69, 9.17) is 5.73 Å². The van der Waals surface area contributed by atoms with Gasteiger partial charge in [0.1, 0.15) is 0 Å². The van der Waals surface area contributed by atoms with E-state index in [0.29, 0.717) is 0 Å². The molecule has 0 aliphatic carbocycles. The third-order valence-corrected chi connectivity index (χ3v) is 4.34. The van der Waals surface area contributed by atoms with E-state index >= 15 is 0 Å². The lowest BCUT2D eigenvalue weighted by Crippen LogP contribution is -2.35. The lowest BCUT2D eigenvalue weighted by atomic mass is 10.1. The monoisotopic (exact) mass is 274 g/mol. The molecule has 0 aliphatic heterocycles. The molecule has 1 atom stereocenters. The lowest BCUT2D eigenvalue weighted by Gasteiger charge is -2.12. The number of thiophene rings is 1. The molecule has 0 radical (unpaired) electrons. The van der Waals surface area contributed by atoms with Crippen molar-refractivity contribution in [2.75, 3.05) is 6.54 Å². The average Bonchev–Trinajstić information content (AvgIpc) is 2.88. The van der Waals surface area contributed by atoms with Gasteiger partial charge in [-0.05, 0) is 30.5 Å². The van der Waals surface area contributed by atoms with Crippen LogP contribution in [0, 0.1) is 0 Å². The van der Waals surface area contributed by atoms with Gasteiger partial charge in [0.15, 0.2) is 0 Å². The van der Waals surface area contributed by atoms with Gasteiger partial charge in [0.2, 0.25) is 0 Å². The van der Waals surface area contributed by atoms with Gasteiger partial charge in [0.25, 0.3) is 0 Å². The van der Waals surface area contributed by atoms with Crippen LogP contribution in [0.3, 0.4) is 0 Å². The zero-order valence-electron chi connectivity index (χ0n) is 11.4. The number of aryl methyl sites for hydroxylation is 1. The lowest BCUT2D eigenvalue weighted by molar-refractivity contribution is 0.576. The topological polar surface area (TPSA) is 38.0 Å². The van der Waals surface area contributed by atoms with Crippen LogP contribution in [-0.4, -0.2) is 12.6 Å². The summed E-state index contributed by atoms with van der Waals surface area (Å²) in [7, 11) is 0. The molecule has 0 fully saturated rings. The first kappa shape index (κ1) is 14.3. The Hall–Kier alpha value is -1.16. The van der Waals surface area contributed by atoms with Crippen molar-refractivity contribution < 1.29 is 0 Å². The highest BCUT2D eigenvalue weighted by molar-refractivity contribution is 7.11. The molecular weight excluding hydrogens is 252 g/mol. The van der Waals surface area contributed by atoms with Crippen molar-refractivity contribution in [1.29, 1.82) is 0 Å². The Morgan fingerprint density at radius 1 is 1.11 bits per heavy atom. The predicted octanol–water partition coefficient (Wildman–Crippen LogP) is 2.97. The third kappa shape index (κ3) is 4.78. The largest absolute Gasteiger partial charge is 0.326 e.